The lowest BCUT2D eigenvalue weighted by Gasteiger charge is -2.31. The Kier molecular flexibility index (Phi) is 7.04. The van der Waals surface area contributed by atoms with Gasteiger partial charge in [0.1, 0.15) is 0 Å². The monoisotopic (exact) mass is 274 g/mol. The van der Waals surface area contributed by atoms with Crippen LogP contribution in [0.15, 0.2) is 0 Å². The van der Waals surface area contributed by atoms with E-state index in [9.17, 15) is 4.79 Å². The van der Waals surface area contributed by atoms with Crippen molar-refractivity contribution in [3.8, 4) is 0 Å². The van der Waals surface area contributed by atoms with Crippen LogP contribution in [0, 0.1) is 5.92 Å². The summed E-state index contributed by atoms with van der Waals surface area (Å²) in [5.41, 5.74) is 6.02. The minimum absolute atomic E-state index is 0.0910. The first-order chi connectivity index (χ1) is 8.56. The fourth-order valence-electron chi connectivity index (χ4n) is 2.25. The molecule has 0 saturated carbocycles. The summed E-state index contributed by atoms with van der Waals surface area (Å²) in [6, 6.07) is -0.0247. The maximum Gasteiger partial charge on any atom is 0.239 e. The normalized spacial score (nSPS) is 21.3. The highest BCUT2D eigenvalue weighted by Gasteiger charge is 2.29. The predicted molar refractivity (Wildman–Crippen MR) is 76.7 cm³/mol. The van der Waals surface area contributed by atoms with Crippen molar-refractivity contribution < 1.29 is 9.53 Å². The van der Waals surface area contributed by atoms with E-state index in [1.54, 1.807) is 7.11 Å². The highest BCUT2D eigenvalue weighted by molar-refractivity contribution is 7.99. The number of methoxy groups -OCH3 is 1. The van der Waals surface area contributed by atoms with Gasteiger partial charge in [0.2, 0.25) is 5.91 Å². The minimum Gasteiger partial charge on any atom is -0.383 e. The van der Waals surface area contributed by atoms with Crippen LogP contribution in [0.25, 0.3) is 0 Å². The molecule has 1 fully saturated rings. The lowest BCUT2D eigenvalue weighted by atomic mass is 10.0. The van der Waals surface area contributed by atoms with Crippen molar-refractivity contribution in [1.29, 1.82) is 0 Å². The summed E-state index contributed by atoms with van der Waals surface area (Å²) < 4.78 is 5.10. The number of carbonyl (C=O) groups is 1. The number of hydrogen-bond donors (Lipinski definition) is 1. The number of nitrogens with two attached hydrogens (primary N) is 1. The van der Waals surface area contributed by atoms with Crippen LogP contribution in [0.4, 0.5) is 0 Å². The molecule has 1 aliphatic heterocycles. The Morgan fingerprint density at radius 2 is 2.28 bits per heavy atom. The van der Waals surface area contributed by atoms with Crippen LogP contribution in [-0.2, 0) is 9.53 Å². The highest BCUT2D eigenvalue weighted by Crippen LogP contribution is 2.23. The predicted octanol–water partition coefficient (Wildman–Crippen LogP) is 1.34. The van der Waals surface area contributed by atoms with E-state index in [0.717, 1.165) is 24.3 Å². The SMILES string of the molecule is COCCN(C(=O)[C@H](N)CC(C)C)C1CCSC1. The Bertz CT molecular complexity index is 255. The van der Waals surface area contributed by atoms with Gasteiger partial charge in [0.05, 0.1) is 12.6 Å². The molecule has 0 radical (unpaired) electrons. The van der Waals surface area contributed by atoms with Crippen LogP contribution in [0.3, 0.4) is 0 Å². The number of nitrogens with zero attached hydrogens (tertiary/aromatic N) is 1. The van der Waals surface area contributed by atoms with Gasteiger partial charge >= 0.3 is 0 Å². The van der Waals surface area contributed by atoms with E-state index in [2.05, 4.69) is 13.8 Å². The molecular weight excluding hydrogens is 248 g/mol. The number of thioether (sulfide) groups is 1. The summed E-state index contributed by atoms with van der Waals surface area (Å²) in [6.45, 7) is 5.43. The van der Waals surface area contributed by atoms with E-state index in [1.807, 2.05) is 16.7 Å². The number of ether oxygens (including phenoxy) is 1. The lowest BCUT2D eigenvalue weighted by molar-refractivity contribution is -0.135. The van der Waals surface area contributed by atoms with Gasteiger partial charge in [-0.15, -0.1) is 0 Å². The van der Waals surface area contributed by atoms with E-state index < -0.39 is 0 Å². The van der Waals surface area contributed by atoms with Crippen molar-refractivity contribution in [2.24, 2.45) is 11.7 Å². The second-order valence-corrected chi connectivity index (χ2v) is 6.43. The standard InChI is InChI=1S/C13H26N2O2S/c1-10(2)8-12(14)13(16)15(5-6-17-3)11-4-7-18-9-11/h10-12H,4-9,14H2,1-3H3/t11?,12-/m1/s1. The van der Waals surface area contributed by atoms with Crippen LogP contribution < -0.4 is 5.73 Å². The molecular formula is C13H26N2O2S. The van der Waals surface area contributed by atoms with Crippen molar-refractivity contribution in [2.75, 3.05) is 31.8 Å². The minimum atomic E-state index is -0.368. The average Bonchev–Trinajstić information content (AvgIpc) is 2.82. The summed E-state index contributed by atoms with van der Waals surface area (Å²) in [5, 5.41) is 0. The van der Waals surface area contributed by atoms with E-state index in [0.29, 0.717) is 25.1 Å². The summed E-state index contributed by atoms with van der Waals surface area (Å²) in [5.74, 6) is 2.71. The average molecular weight is 274 g/mol. The molecule has 0 spiro atoms. The van der Waals surface area contributed by atoms with Gasteiger partial charge in [-0.3, -0.25) is 4.79 Å². The molecule has 2 atom stereocenters. The molecule has 1 saturated heterocycles. The molecule has 1 rings (SSSR count). The van der Waals surface area contributed by atoms with Crippen LogP contribution in [0.1, 0.15) is 26.7 Å². The molecule has 0 aromatic carbocycles. The zero-order valence-corrected chi connectivity index (χ0v) is 12.5. The zero-order chi connectivity index (χ0) is 13.5. The van der Waals surface area contributed by atoms with E-state index in [1.165, 1.54) is 0 Å². The largest absolute Gasteiger partial charge is 0.383 e. The molecule has 1 heterocycles. The van der Waals surface area contributed by atoms with Crippen molar-refractivity contribution in [3.05, 3.63) is 0 Å². The fraction of sp³-hybridized carbons (Fsp3) is 0.923. The van der Waals surface area contributed by atoms with Gasteiger partial charge < -0.3 is 15.4 Å². The molecule has 18 heavy (non-hydrogen) atoms. The third-order valence-electron chi connectivity index (χ3n) is 3.21. The molecule has 1 aliphatic rings. The fourth-order valence-corrected chi connectivity index (χ4v) is 3.48. The molecule has 0 aromatic rings. The van der Waals surface area contributed by atoms with Crippen LogP contribution in [0.2, 0.25) is 0 Å². The molecule has 0 aromatic heterocycles. The van der Waals surface area contributed by atoms with Crippen molar-refractivity contribution in [3.63, 3.8) is 0 Å². The first-order valence-corrected chi connectivity index (χ1v) is 7.84. The Labute approximate surface area is 115 Å². The van der Waals surface area contributed by atoms with Crippen LogP contribution in [0.5, 0.6) is 0 Å². The summed E-state index contributed by atoms with van der Waals surface area (Å²) in [6.07, 6.45) is 1.83. The van der Waals surface area contributed by atoms with Crippen molar-refractivity contribution in [2.45, 2.75) is 38.8 Å². The first kappa shape index (κ1) is 15.8. The van der Waals surface area contributed by atoms with Crippen molar-refractivity contribution in [1.82, 2.24) is 4.90 Å². The van der Waals surface area contributed by atoms with E-state index in [-0.39, 0.29) is 11.9 Å². The van der Waals surface area contributed by atoms with Gasteiger partial charge in [0, 0.05) is 25.4 Å². The third kappa shape index (κ3) is 4.78. The quantitative estimate of drug-likeness (QED) is 0.761. The van der Waals surface area contributed by atoms with E-state index >= 15 is 0 Å². The van der Waals surface area contributed by atoms with Crippen LogP contribution in [-0.4, -0.2) is 54.7 Å². The molecule has 1 unspecified atom stereocenters. The second kappa shape index (κ2) is 8.02. The molecule has 106 valence electrons. The Balaban J connectivity index is 2.59. The number of hydrogen-bond acceptors (Lipinski definition) is 4. The molecule has 0 aliphatic carbocycles. The van der Waals surface area contributed by atoms with Gasteiger partial charge in [-0.1, -0.05) is 13.8 Å². The topological polar surface area (TPSA) is 55.6 Å². The molecule has 4 nitrogen and oxygen atoms in total. The smallest absolute Gasteiger partial charge is 0.239 e. The maximum atomic E-state index is 12.4. The van der Waals surface area contributed by atoms with Gasteiger partial charge in [-0.2, -0.15) is 11.8 Å². The Hall–Kier alpha value is -0.260. The molecule has 1 amide bonds. The van der Waals surface area contributed by atoms with Gasteiger partial charge in [0.25, 0.3) is 0 Å². The zero-order valence-electron chi connectivity index (χ0n) is 11.7. The number of rotatable bonds is 7. The van der Waals surface area contributed by atoms with Gasteiger partial charge in [-0.25, -0.2) is 0 Å². The summed E-state index contributed by atoms with van der Waals surface area (Å²) in [7, 11) is 1.67. The Morgan fingerprint density at radius 3 is 2.78 bits per heavy atom. The third-order valence-corrected chi connectivity index (χ3v) is 4.35. The lowest BCUT2D eigenvalue weighted by Crippen LogP contribution is -2.50. The van der Waals surface area contributed by atoms with E-state index in [4.69, 9.17) is 10.5 Å². The second-order valence-electron chi connectivity index (χ2n) is 5.28. The van der Waals surface area contributed by atoms with Crippen molar-refractivity contribution >= 4 is 17.7 Å². The Morgan fingerprint density at radius 1 is 1.56 bits per heavy atom. The molecule has 5 heteroatoms. The highest BCUT2D eigenvalue weighted by atomic mass is 32.2. The summed E-state index contributed by atoms with van der Waals surface area (Å²) >= 11 is 1.91. The van der Waals surface area contributed by atoms with Gasteiger partial charge in [-0.05, 0) is 24.5 Å². The van der Waals surface area contributed by atoms with Gasteiger partial charge in [0.15, 0.2) is 0 Å². The molecule has 0 bridgehead atoms. The summed E-state index contributed by atoms with van der Waals surface area (Å²) in [4.78, 5) is 14.3. The first-order valence-electron chi connectivity index (χ1n) is 6.69. The number of carbonyl (C=O) groups excluding carboxylic acids is 1. The number of amides is 1. The molecule has 2 N–H and O–H groups in total. The maximum absolute atomic E-state index is 12.4. The van der Waals surface area contributed by atoms with Crippen LogP contribution >= 0.6 is 11.8 Å².